The molecule has 26 heavy (non-hydrogen) atoms. The summed E-state index contributed by atoms with van der Waals surface area (Å²) in [5.74, 6) is 0.811. The van der Waals surface area contributed by atoms with Crippen LogP contribution in [0.15, 0.2) is 28.8 Å². The number of benzene rings is 1. The van der Waals surface area contributed by atoms with Gasteiger partial charge in [-0.05, 0) is 26.0 Å². The van der Waals surface area contributed by atoms with Gasteiger partial charge in [0, 0.05) is 19.0 Å². The molecule has 7 nitrogen and oxygen atoms in total. The second-order valence-corrected chi connectivity index (χ2v) is 6.29. The summed E-state index contributed by atoms with van der Waals surface area (Å²) >= 11 is 0. The molecule has 0 unspecified atom stereocenters. The van der Waals surface area contributed by atoms with Crippen LogP contribution in [0.3, 0.4) is 0 Å². The molecule has 1 heterocycles. The summed E-state index contributed by atoms with van der Waals surface area (Å²) in [7, 11) is 0. The third kappa shape index (κ3) is 5.08. The lowest BCUT2D eigenvalue weighted by molar-refractivity contribution is -0.123. The second kappa shape index (κ2) is 9.03. The molecular weight excluding hydrogens is 334 g/mol. The van der Waals surface area contributed by atoms with Crippen LogP contribution in [-0.2, 0) is 11.4 Å². The van der Waals surface area contributed by atoms with Gasteiger partial charge in [0.25, 0.3) is 5.91 Å². The maximum atomic E-state index is 12.4. The van der Waals surface area contributed by atoms with Crippen LogP contribution < -0.4 is 15.4 Å². The molecule has 0 aliphatic heterocycles. The normalized spacial score (nSPS) is 10.7. The lowest BCUT2D eigenvalue weighted by Crippen LogP contribution is -2.36. The molecule has 7 heteroatoms. The lowest BCUT2D eigenvalue weighted by Gasteiger charge is -2.12. The van der Waals surface area contributed by atoms with Gasteiger partial charge < -0.3 is 19.9 Å². The van der Waals surface area contributed by atoms with Crippen molar-refractivity contribution in [1.29, 1.82) is 0 Å². The highest BCUT2D eigenvalue weighted by Gasteiger charge is 2.14. The van der Waals surface area contributed by atoms with Crippen molar-refractivity contribution >= 4 is 11.8 Å². The number of carbonyl (C=O) groups excluding carboxylic acids is 2. The van der Waals surface area contributed by atoms with Crippen LogP contribution in [0.1, 0.15) is 41.2 Å². The molecule has 0 fully saturated rings. The predicted molar refractivity (Wildman–Crippen MR) is 96.9 cm³/mol. The number of ether oxygens (including phenoxy) is 1. The molecule has 0 bridgehead atoms. The van der Waals surface area contributed by atoms with Crippen molar-refractivity contribution in [2.24, 2.45) is 5.92 Å². The topological polar surface area (TPSA) is 93.5 Å². The highest BCUT2D eigenvalue weighted by Crippen LogP contribution is 2.21. The number of rotatable bonds is 8. The molecule has 0 radical (unpaired) electrons. The summed E-state index contributed by atoms with van der Waals surface area (Å²) in [6.07, 6.45) is 0. The first-order valence-electron chi connectivity index (χ1n) is 8.59. The molecule has 0 spiro atoms. The molecule has 0 atom stereocenters. The molecule has 0 aliphatic rings. The first-order chi connectivity index (χ1) is 12.4. The van der Waals surface area contributed by atoms with Crippen molar-refractivity contribution < 1.29 is 18.8 Å². The lowest BCUT2D eigenvalue weighted by atomic mass is 10.2. The van der Waals surface area contributed by atoms with Crippen LogP contribution in [-0.4, -0.2) is 30.1 Å². The van der Waals surface area contributed by atoms with E-state index in [-0.39, 0.29) is 24.3 Å². The van der Waals surface area contributed by atoms with Crippen molar-refractivity contribution in [1.82, 2.24) is 15.8 Å². The average Bonchev–Trinajstić information content (AvgIpc) is 2.94. The fourth-order valence-electron chi connectivity index (χ4n) is 2.30. The third-order valence-electron chi connectivity index (χ3n) is 3.92. The van der Waals surface area contributed by atoms with Gasteiger partial charge in [0.05, 0.1) is 16.8 Å². The Hall–Kier alpha value is -2.83. The van der Waals surface area contributed by atoms with Gasteiger partial charge in [0.15, 0.2) is 0 Å². The zero-order valence-corrected chi connectivity index (χ0v) is 15.6. The van der Waals surface area contributed by atoms with Crippen molar-refractivity contribution in [3.63, 3.8) is 0 Å². The zero-order valence-electron chi connectivity index (χ0n) is 15.6. The minimum atomic E-state index is -0.252. The Morgan fingerprint density at radius 3 is 2.50 bits per heavy atom. The van der Waals surface area contributed by atoms with E-state index < -0.39 is 0 Å². The van der Waals surface area contributed by atoms with Crippen molar-refractivity contribution in [2.75, 3.05) is 13.1 Å². The largest absolute Gasteiger partial charge is 0.488 e. The first kappa shape index (κ1) is 19.5. The number of hydrogen-bond acceptors (Lipinski definition) is 5. The van der Waals surface area contributed by atoms with E-state index in [1.165, 1.54) is 0 Å². The molecule has 1 aromatic heterocycles. The fourth-order valence-corrected chi connectivity index (χ4v) is 2.30. The Labute approximate surface area is 153 Å². The first-order valence-corrected chi connectivity index (χ1v) is 8.59. The summed E-state index contributed by atoms with van der Waals surface area (Å²) in [5, 5.41) is 9.44. The summed E-state index contributed by atoms with van der Waals surface area (Å²) in [6.45, 7) is 8.30. The van der Waals surface area contributed by atoms with Crippen molar-refractivity contribution in [3.8, 4) is 5.75 Å². The number of nitrogens with one attached hydrogen (secondary N) is 2. The molecule has 0 aliphatic carbocycles. The van der Waals surface area contributed by atoms with Gasteiger partial charge in [-0.3, -0.25) is 9.59 Å². The smallest absolute Gasteiger partial charge is 0.255 e. The van der Waals surface area contributed by atoms with Gasteiger partial charge in [-0.15, -0.1) is 0 Å². The van der Waals surface area contributed by atoms with Gasteiger partial charge in [-0.2, -0.15) is 0 Å². The number of carbonyl (C=O) groups is 2. The quantitative estimate of drug-likeness (QED) is 0.706. The SMILES string of the molecule is Cc1noc(C)c1COc1ccccc1C(=O)NCCNC(=O)C(C)C. The number of para-hydroxylation sites is 1. The maximum Gasteiger partial charge on any atom is 0.255 e. The van der Waals surface area contributed by atoms with Crippen LogP contribution in [0, 0.1) is 19.8 Å². The Kier molecular flexibility index (Phi) is 6.77. The molecule has 2 amide bonds. The molecule has 0 saturated carbocycles. The number of amides is 2. The van der Waals surface area contributed by atoms with E-state index >= 15 is 0 Å². The minimum absolute atomic E-state index is 0.0394. The zero-order chi connectivity index (χ0) is 19.1. The van der Waals surface area contributed by atoms with Crippen LogP contribution in [0.25, 0.3) is 0 Å². The van der Waals surface area contributed by atoms with E-state index in [1.807, 2.05) is 33.8 Å². The Bertz CT molecular complexity index is 748. The highest BCUT2D eigenvalue weighted by molar-refractivity contribution is 5.96. The fraction of sp³-hybridized carbons (Fsp3) is 0.421. The standard InChI is InChI=1S/C19H25N3O4/c1-12(2)18(23)20-9-10-21-19(24)15-7-5-6-8-17(15)25-11-16-13(3)22-26-14(16)4/h5-8,12H,9-11H2,1-4H3,(H,20,23)(H,21,24). The summed E-state index contributed by atoms with van der Waals surface area (Å²) in [4.78, 5) is 23.9. The van der Waals surface area contributed by atoms with Gasteiger partial charge in [-0.1, -0.05) is 31.1 Å². The molecule has 2 N–H and O–H groups in total. The number of nitrogens with zero attached hydrogens (tertiary/aromatic N) is 1. The van der Waals surface area contributed by atoms with Gasteiger partial charge >= 0.3 is 0 Å². The van der Waals surface area contributed by atoms with Gasteiger partial charge in [-0.25, -0.2) is 0 Å². The van der Waals surface area contributed by atoms with Crippen LogP contribution in [0.4, 0.5) is 0 Å². The van der Waals surface area contributed by atoms with Crippen molar-refractivity contribution in [3.05, 3.63) is 46.8 Å². The number of hydrogen-bond donors (Lipinski definition) is 2. The maximum absolute atomic E-state index is 12.4. The van der Waals surface area contributed by atoms with Crippen LogP contribution >= 0.6 is 0 Å². The Morgan fingerprint density at radius 2 is 1.85 bits per heavy atom. The molecular formula is C19H25N3O4. The van der Waals surface area contributed by atoms with E-state index in [0.29, 0.717) is 30.2 Å². The van der Waals surface area contributed by atoms with Gasteiger partial charge in [0.2, 0.25) is 5.91 Å². The second-order valence-electron chi connectivity index (χ2n) is 6.29. The molecule has 0 saturated heterocycles. The van der Waals surface area contributed by atoms with E-state index in [2.05, 4.69) is 15.8 Å². The number of aryl methyl sites for hydroxylation is 2. The Morgan fingerprint density at radius 1 is 1.15 bits per heavy atom. The average molecular weight is 359 g/mol. The molecule has 2 rings (SSSR count). The monoisotopic (exact) mass is 359 g/mol. The summed E-state index contributed by atoms with van der Waals surface area (Å²) in [6, 6.07) is 7.03. The Balaban J connectivity index is 1.93. The molecule has 1 aromatic carbocycles. The van der Waals surface area contributed by atoms with E-state index in [4.69, 9.17) is 9.26 Å². The predicted octanol–water partition coefficient (Wildman–Crippen LogP) is 2.37. The minimum Gasteiger partial charge on any atom is -0.488 e. The van der Waals surface area contributed by atoms with Crippen molar-refractivity contribution in [2.45, 2.75) is 34.3 Å². The number of aromatic nitrogens is 1. The van der Waals surface area contributed by atoms with E-state index in [1.54, 1.807) is 18.2 Å². The van der Waals surface area contributed by atoms with Crippen LogP contribution in [0.2, 0.25) is 0 Å². The van der Waals surface area contributed by atoms with Crippen LogP contribution in [0.5, 0.6) is 5.75 Å². The highest BCUT2D eigenvalue weighted by atomic mass is 16.5. The van der Waals surface area contributed by atoms with E-state index in [9.17, 15) is 9.59 Å². The summed E-state index contributed by atoms with van der Waals surface area (Å²) < 4.78 is 10.9. The van der Waals surface area contributed by atoms with E-state index in [0.717, 1.165) is 11.3 Å². The molecule has 140 valence electrons. The molecule has 2 aromatic rings. The summed E-state index contributed by atoms with van der Waals surface area (Å²) in [5.41, 5.74) is 2.08. The van der Waals surface area contributed by atoms with Gasteiger partial charge in [0.1, 0.15) is 18.1 Å². The third-order valence-corrected chi connectivity index (χ3v) is 3.92.